The molecule has 0 aliphatic carbocycles. The third-order valence-electron chi connectivity index (χ3n) is 4.54. The molecule has 0 saturated carbocycles. The number of carbonyl (C=O) groups is 1. The molecule has 7 heteroatoms. The number of carbonyl (C=O) groups excluding carboxylic acids is 1. The van der Waals surface area contributed by atoms with E-state index in [1.54, 1.807) is 6.20 Å². The summed E-state index contributed by atoms with van der Waals surface area (Å²) < 4.78 is 5.32. The van der Waals surface area contributed by atoms with E-state index in [-0.39, 0.29) is 0 Å². The lowest BCUT2D eigenvalue weighted by molar-refractivity contribution is 0.0636. The fourth-order valence-corrected chi connectivity index (χ4v) is 3.00. The molecule has 0 fully saturated rings. The van der Waals surface area contributed by atoms with E-state index in [0.29, 0.717) is 0 Å². The predicted octanol–water partition coefficient (Wildman–Crippen LogP) is 5.30. The number of aromatic nitrogens is 3. The van der Waals surface area contributed by atoms with Gasteiger partial charge in [0.25, 0.3) is 0 Å². The van der Waals surface area contributed by atoms with Gasteiger partial charge in [0, 0.05) is 18.0 Å². The number of rotatable bonds is 6. The van der Waals surface area contributed by atoms with Crippen LogP contribution in [0.25, 0.3) is 0 Å². The van der Waals surface area contributed by atoms with Crippen LogP contribution in [0.15, 0.2) is 42.6 Å². The zero-order valence-electron chi connectivity index (χ0n) is 18.2. The van der Waals surface area contributed by atoms with Crippen LogP contribution in [0.2, 0.25) is 0 Å². The molecule has 158 valence electrons. The lowest BCUT2D eigenvalue weighted by Crippen LogP contribution is -2.27. The first kappa shape index (κ1) is 21.4. The Labute approximate surface area is 177 Å². The summed E-state index contributed by atoms with van der Waals surface area (Å²) in [5.74, 6) is 1.62. The van der Waals surface area contributed by atoms with Crippen LogP contribution in [0, 0.1) is 13.8 Å². The number of benzene rings is 1. The number of aryl methyl sites for hydroxylation is 4. The summed E-state index contributed by atoms with van der Waals surface area (Å²) in [5, 5.41) is 13.5. The van der Waals surface area contributed by atoms with Crippen molar-refractivity contribution in [2.45, 2.75) is 53.1 Å². The monoisotopic (exact) mass is 407 g/mol. The topological polar surface area (TPSA) is 91.9 Å². The van der Waals surface area contributed by atoms with Crippen molar-refractivity contribution in [3.05, 3.63) is 65.0 Å². The number of anilines is 3. The van der Waals surface area contributed by atoms with E-state index in [0.717, 1.165) is 47.0 Å². The van der Waals surface area contributed by atoms with Crippen molar-refractivity contribution in [2.24, 2.45) is 0 Å². The van der Waals surface area contributed by atoms with Crippen molar-refractivity contribution in [2.75, 3.05) is 10.6 Å². The number of pyridine rings is 1. The van der Waals surface area contributed by atoms with Gasteiger partial charge in [-0.1, -0.05) is 12.1 Å². The molecule has 0 atom stereocenters. The van der Waals surface area contributed by atoms with Crippen LogP contribution in [0.5, 0.6) is 0 Å². The maximum atomic E-state index is 12.0. The predicted molar refractivity (Wildman–Crippen MR) is 119 cm³/mol. The van der Waals surface area contributed by atoms with Crippen LogP contribution in [-0.4, -0.2) is 26.9 Å². The molecule has 2 heterocycles. The second-order valence-corrected chi connectivity index (χ2v) is 8.34. The van der Waals surface area contributed by atoms with Gasteiger partial charge in [-0.25, -0.2) is 9.78 Å². The van der Waals surface area contributed by atoms with Gasteiger partial charge in [0.2, 0.25) is 0 Å². The lowest BCUT2D eigenvalue weighted by atomic mass is 10.0. The number of hydrogen-bond donors (Lipinski definition) is 3. The van der Waals surface area contributed by atoms with E-state index >= 15 is 0 Å². The van der Waals surface area contributed by atoms with E-state index in [4.69, 9.17) is 4.74 Å². The summed E-state index contributed by atoms with van der Waals surface area (Å²) in [6, 6.07) is 11.8. The molecular weight excluding hydrogens is 378 g/mol. The minimum absolute atomic E-state index is 0.454. The van der Waals surface area contributed by atoms with Gasteiger partial charge in [-0.15, -0.1) is 0 Å². The third kappa shape index (κ3) is 6.07. The molecule has 2 aromatic heterocycles. The summed E-state index contributed by atoms with van der Waals surface area (Å²) in [4.78, 5) is 16.4. The number of H-pyrrole nitrogens is 1. The molecule has 0 aliphatic rings. The standard InChI is InChI=1S/C23H29N5O2/c1-15-8-10-18(25-22(29)30-23(3,4)5)13-17(15)9-11-19-14-20(28-27-19)26-21-16(2)7-6-12-24-21/h6-8,10,12-14H,9,11H2,1-5H3,(H,25,29)(H2,24,26,27,28). The Morgan fingerprint density at radius 2 is 1.90 bits per heavy atom. The molecule has 0 radical (unpaired) electrons. The van der Waals surface area contributed by atoms with Crippen LogP contribution in [0.4, 0.5) is 22.1 Å². The van der Waals surface area contributed by atoms with E-state index in [2.05, 4.69) is 32.7 Å². The number of nitrogens with zero attached hydrogens (tertiary/aromatic N) is 2. The number of hydrogen-bond acceptors (Lipinski definition) is 5. The maximum absolute atomic E-state index is 12.0. The Morgan fingerprint density at radius 1 is 1.10 bits per heavy atom. The second-order valence-electron chi connectivity index (χ2n) is 8.34. The summed E-state index contributed by atoms with van der Waals surface area (Å²) in [7, 11) is 0. The first-order valence-corrected chi connectivity index (χ1v) is 10.0. The van der Waals surface area contributed by atoms with E-state index in [1.807, 2.05) is 64.1 Å². The van der Waals surface area contributed by atoms with Gasteiger partial charge in [-0.05, 0) is 82.3 Å². The van der Waals surface area contributed by atoms with Crippen LogP contribution in [0.3, 0.4) is 0 Å². The highest BCUT2D eigenvalue weighted by molar-refractivity contribution is 5.85. The number of aromatic amines is 1. The van der Waals surface area contributed by atoms with E-state index in [1.165, 1.54) is 5.56 Å². The maximum Gasteiger partial charge on any atom is 0.412 e. The van der Waals surface area contributed by atoms with Crippen molar-refractivity contribution in [3.8, 4) is 0 Å². The molecule has 3 aromatic rings. The molecule has 0 bridgehead atoms. The summed E-state index contributed by atoms with van der Waals surface area (Å²) >= 11 is 0. The van der Waals surface area contributed by atoms with Crippen molar-refractivity contribution in [1.29, 1.82) is 0 Å². The quantitative estimate of drug-likeness (QED) is 0.516. The van der Waals surface area contributed by atoms with Gasteiger partial charge in [-0.3, -0.25) is 10.4 Å². The van der Waals surface area contributed by atoms with Crippen molar-refractivity contribution >= 4 is 23.4 Å². The molecule has 3 N–H and O–H groups in total. The first-order valence-electron chi connectivity index (χ1n) is 10.0. The average molecular weight is 408 g/mol. The normalized spacial score (nSPS) is 11.2. The van der Waals surface area contributed by atoms with Gasteiger partial charge >= 0.3 is 6.09 Å². The van der Waals surface area contributed by atoms with Gasteiger partial charge in [-0.2, -0.15) is 5.10 Å². The number of ether oxygens (including phenoxy) is 1. The van der Waals surface area contributed by atoms with Crippen molar-refractivity contribution in [3.63, 3.8) is 0 Å². The summed E-state index contributed by atoms with van der Waals surface area (Å²) in [5.41, 5.74) is 4.54. The average Bonchev–Trinajstić information content (AvgIpc) is 3.10. The Bertz CT molecular complexity index is 1020. The van der Waals surface area contributed by atoms with Crippen LogP contribution in [-0.2, 0) is 17.6 Å². The van der Waals surface area contributed by atoms with Gasteiger partial charge in [0.1, 0.15) is 17.2 Å². The zero-order chi connectivity index (χ0) is 21.7. The Kier molecular flexibility index (Phi) is 6.40. The van der Waals surface area contributed by atoms with Gasteiger partial charge in [0.05, 0.1) is 5.69 Å². The van der Waals surface area contributed by atoms with Crippen molar-refractivity contribution in [1.82, 2.24) is 15.2 Å². The van der Waals surface area contributed by atoms with Gasteiger partial charge < -0.3 is 10.1 Å². The first-order chi connectivity index (χ1) is 14.2. The smallest absolute Gasteiger partial charge is 0.412 e. The molecule has 0 aliphatic heterocycles. The highest BCUT2D eigenvalue weighted by atomic mass is 16.6. The minimum atomic E-state index is -0.531. The molecule has 1 aromatic carbocycles. The minimum Gasteiger partial charge on any atom is -0.444 e. The Balaban J connectivity index is 1.61. The molecule has 7 nitrogen and oxygen atoms in total. The fourth-order valence-electron chi connectivity index (χ4n) is 3.00. The van der Waals surface area contributed by atoms with Crippen molar-refractivity contribution < 1.29 is 9.53 Å². The molecule has 3 rings (SSSR count). The van der Waals surface area contributed by atoms with Crippen LogP contribution >= 0.6 is 0 Å². The largest absolute Gasteiger partial charge is 0.444 e. The molecule has 0 unspecified atom stereocenters. The lowest BCUT2D eigenvalue weighted by Gasteiger charge is -2.20. The fraction of sp³-hybridized carbons (Fsp3) is 0.348. The summed E-state index contributed by atoms with van der Waals surface area (Å²) in [6.45, 7) is 9.60. The van der Waals surface area contributed by atoms with Gasteiger partial charge in [0.15, 0.2) is 0 Å². The molecular formula is C23H29N5O2. The van der Waals surface area contributed by atoms with Crippen LogP contribution < -0.4 is 10.6 Å². The van der Waals surface area contributed by atoms with Crippen LogP contribution in [0.1, 0.15) is 43.2 Å². The zero-order valence-corrected chi connectivity index (χ0v) is 18.2. The molecule has 1 amide bonds. The van der Waals surface area contributed by atoms with E-state index in [9.17, 15) is 4.79 Å². The third-order valence-corrected chi connectivity index (χ3v) is 4.54. The highest BCUT2D eigenvalue weighted by Crippen LogP contribution is 2.20. The number of nitrogens with one attached hydrogen (secondary N) is 3. The highest BCUT2D eigenvalue weighted by Gasteiger charge is 2.16. The molecule has 30 heavy (non-hydrogen) atoms. The number of amides is 1. The Morgan fingerprint density at radius 3 is 2.63 bits per heavy atom. The SMILES string of the molecule is Cc1ccc(NC(=O)OC(C)(C)C)cc1CCc1cc(Nc2ncccc2C)[nH]n1. The van der Waals surface area contributed by atoms with E-state index < -0.39 is 11.7 Å². The molecule has 0 spiro atoms. The Hall–Kier alpha value is -3.35. The molecule has 0 saturated heterocycles. The summed E-state index contributed by atoms with van der Waals surface area (Å²) in [6.07, 6.45) is 2.89. The second kappa shape index (κ2) is 8.98.